The van der Waals surface area contributed by atoms with Gasteiger partial charge in [-0.3, -0.25) is 9.10 Å². The molecule has 0 spiro atoms. The number of carbonyl (C=O) groups is 1. The molecule has 226 valence electrons. The molecule has 0 bridgehead atoms. The third kappa shape index (κ3) is 5.13. The number of fused-ring (bicyclic) bond motifs is 2. The topological polar surface area (TPSA) is 154 Å². The van der Waals surface area contributed by atoms with Crippen molar-refractivity contribution >= 4 is 43.5 Å². The quantitative estimate of drug-likeness (QED) is 0.232. The number of aryl methyl sites for hydroxylation is 1. The average Bonchev–Trinajstić information content (AvgIpc) is 3.65. The van der Waals surface area contributed by atoms with Crippen molar-refractivity contribution in [3.8, 4) is 45.8 Å². The Labute approximate surface area is 259 Å². The van der Waals surface area contributed by atoms with Crippen molar-refractivity contribution < 1.29 is 22.4 Å². The molecule has 0 unspecified atom stereocenters. The molecule has 0 aliphatic rings. The Balaban J connectivity index is 1.65. The number of nitrogens with zero attached hydrogens (tertiary/aromatic N) is 4. The number of carbonyl (C=O) groups excluding carboxylic acids is 1. The van der Waals surface area contributed by atoms with Crippen LogP contribution >= 0.6 is 0 Å². The van der Waals surface area contributed by atoms with Gasteiger partial charge in [0, 0.05) is 53.1 Å². The number of methoxy groups -OCH3 is 1. The highest BCUT2D eigenvalue weighted by molar-refractivity contribution is 7.92. The molecule has 0 radical (unpaired) electrons. The van der Waals surface area contributed by atoms with E-state index in [1.54, 1.807) is 30.3 Å². The highest BCUT2D eigenvalue weighted by atomic mass is 32.2. The molecule has 0 atom stereocenters. The Morgan fingerprint density at radius 3 is 2.47 bits per heavy atom. The lowest BCUT2D eigenvalue weighted by molar-refractivity contribution is 0.0964. The van der Waals surface area contributed by atoms with Crippen LogP contribution in [0.4, 0.5) is 5.69 Å². The predicted molar refractivity (Wildman–Crippen MR) is 173 cm³/mol. The standard InChI is InChI=1S/C33H28N6O5S/c1-18-9-11-19(12-10-18)31-30(32(40)35-2)24-13-22(28(16-29(24)44-31)39(3)45(5,41)42)23-15-27(37-38-33(23)43-4)26-14-21-20(17-34)7-6-8-25(21)36-26/h6-16,36H,1-5H3,(H,35,40). The van der Waals surface area contributed by atoms with Crippen molar-refractivity contribution in [1.82, 2.24) is 20.5 Å². The van der Waals surface area contributed by atoms with Crippen LogP contribution in [-0.4, -0.2) is 57.0 Å². The molecule has 2 N–H and O–H groups in total. The van der Waals surface area contributed by atoms with Gasteiger partial charge in [-0.15, -0.1) is 10.2 Å². The molecule has 3 heterocycles. The number of ether oxygens (including phenoxy) is 1. The van der Waals surface area contributed by atoms with E-state index in [-0.39, 0.29) is 17.5 Å². The Hall–Kier alpha value is -5.67. The number of nitrogens with one attached hydrogen (secondary N) is 2. The van der Waals surface area contributed by atoms with Crippen LogP contribution in [0.5, 0.6) is 5.88 Å². The van der Waals surface area contributed by atoms with E-state index in [1.807, 2.05) is 43.3 Å². The van der Waals surface area contributed by atoms with E-state index in [4.69, 9.17) is 9.15 Å². The van der Waals surface area contributed by atoms with Crippen LogP contribution < -0.4 is 14.4 Å². The minimum atomic E-state index is -3.74. The number of furan rings is 1. The molecular weight excluding hydrogens is 592 g/mol. The summed E-state index contributed by atoms with van der Waals surface area (Å²) >= 11 is 0. The number of nitriles is 1. The highest BCUT2D eigenvalue weighted by Gasteiger charge is 2.27. The van der Waals surface area contributed by atoms with E-state index in [1.165, 1.54) is 21.2 Å². The van der Waals surface area contributed by atoms with Gasteiger partial charge in [0.1, 0.15) is 17.0 Å². The Morgan fingerprint density at radius 1 is 1.04 bits per heavy atom. The first-order valence-electron chi connectivity index (χ1n) is 13.8. The van der Waals surface area contributed by atoms with Gasteiger partial charge in [0.2, 0.25) is 15.9 Å². The third-order valence-electron chi connectivity index (χ3n) is 7.72. The maximum Gasteiger partial charge on any atom is 0.255 e. The molecule has 11 nitrogen and oxygen atoms in total. The molecule has 1 amide bonds. The third-order valence-corrected chi connectivity index (χ3v) is 8.91. The molecule has 0 saturated carbocycles. The van der Waals surface area contributed by atoms with Gasteiger partial charge in [-0.25, -0.2) is 8.42 Å². The monoisotopic (exact) mass is 620 g/mol. The average molecular weight is 621 g/mol. The van der Waals surface area contributed by atoms with Gasteiger partial charge >= 0.3 is 0 Å². The molecule has 0 saturated heterocycles. The van der Waals surface area contributed by atoms with Crippen molar-refractivity contribution in [3.05, 3.63) is 83.4 Å². The number of aromatic nitrogens is 3. The fraction of sp³-hybridized carbons (Fsp3) is 0.152. The lowest BCUT2D eigenvalue weighted by Crippen LogP contribution is -2.25. The van der Waals surface area contributed by atoms with Crippen LogP contribution in [0.2, 0.25) is 0 Å². The largest absolute Gasteiger partial charge is 0.479 e. The molecule has 45 heavy (non-hydrogen) atoms. The maximum atomic E-state index is 13.3. The zero-order valence-electron chi connectivity index (χ0n) is 25.1. The number of H-pyrrole nitrogens is 1. The Kier molecular flexibility index (Phi) is 7.26. The van der Waals surface area contributed by atoms with Crippen LogP contribution in [0.25, 0.3) is 55.7 Å². The first kappa shape index (κ1) is 29.4. The summed E-state index contributed by atoms with van der Waals surface area (Å²) in [4.78, 5) is 16.6. The summed E-state index contributed by atoms with van der Waals surface area (Å²) in [6.07, 6.45) is 1.10. The van der Waals surface area contributed by atoms with Crippen molar-refractivity contribution in [2.24, 2.45) is 0 Å². The Bertz CT molecular complexity index is 2280. The fourth-order valence-electron chi connectivity index (χ4n) is 5.29. The number of sulfonamides is 1. The van der Waals surface area contributed by atoms with Gasteiger partial charge in [-0.1, -0.05) is 35.9 Å². The van der Waals surface area contributed by atoms with Crippen molar-refractivity contribution in [1.29, 1.82) is 5.26 Å². The Morgan fingerprint density at radius 2 is 1.80 bits per heavy atom. The molecule has 0 aliphatic heterocycles. The number of rotatable bonds is 7. The lowest BCUT2D eigenvalue weighted by Gasteiger charge is -2.21. The molecule has 0 fully saturated rings. The number of hydrogen-bond donors (Lipinski definition) is 2. The van der Waals surface area contributed by atoms with E-state index in [0.717, 1.165) is 27.0 Å². The predicted octanol–water partition coefficient (Wildman–Crippen LogP) is 5.65. The summed E-state index contributed by atoms with van der Waals surface area (Å²) < 4.78 is 38.8. The van der Waals surface area contributed by atoms with Crippen LogP contribution in [0.1, 0.15) is 21.5 Å². The fourth-order valence-corrected chi connectivity index (χ4v) is 5.80. The van der Waals surface area contributed by atoms with Gasteiger partial charge in [-0.05, 0) is 37.3 Å². The highest BCUT2D eigenvalue weighted by Crippen LogP contribution is 2.44. The van der Waals surface area contributed by atoms with Gasteiger partial charge in [-0.2, -0.15) is 5.26 Å². The first-order valence-corrected chi connectivity index (χ1v) is 15.7. The number of amides is 1. The van der Waals surface area contributed by atoms with Gasteiger partial charge < -0.3 is 19.5 Å². The van der Waals surface area contributed by atoms with Crippen LogP contribution in [0.15, 0.2) is 71.1 Å². The van der Waals surface area contributed by atoms with Crippen LogP contribution in [0, 0.1) is 18.3 Å². The van der Waals surface area contributed by atoms with Gasteiger partial charge in [0.25, 0.3) is 5.91 Å². The van der Waals surface area contributed by atoms with E-state index >= 15 is 0 Å². The first-order chi connectivity index (χ1) is 21.5. The summed E-state index contributed by atoms with van der Waals surface area (Å²) in [5.41, 5.74) is 5.75. The van der Waals surface area contributed by atoms with E-state index < -0.39 is 10.0 Å². The smallest absolute Gasteiger partial charge is 0.255 e. The zero-order valence-corrected chi connectivity index (χ0v) is 25.9. The van der Waals surface area contributed by atoms with E-state index in [0.29, 0.717) is 55.9 Å². The van der Waals surface area contributed by atoms with E-state index in [2.05, 4.69) is 26.6 Å². The molecule has 0 aliphatic carbocycles. The minimum absolute atomic E-state index is 0.138. The second-order valence-corrected chi connectivity index (χ2v) is 12.6. The molecule has 3 aromatic heterocycles. The second-order valence-electron chi connectivity index (χ2n) is 10.6. The van der Waals surface area contributed by atoms with Crippen LogP contribution in [-0.2, 0) is 10.0 Å². The summed E-state index contributed by atoms with van der Waals surface area (Å²) in [5.74, 6) is 0.117. The number of anilines is 1. The molecule has 6 rings (SSSR count). The van der Waals surface area contributed by atoms with Crippen molar-refractivity contribution in [3.63, 3.8) is 0 Å². The number of benzene rings is 3. The summed E-state index contributed by atoms with van der Waals surface area (Å²) in [6, 6.07) is 22.0. The molecular formula is C33H28N6O5S. The van der Waals surface area contributed by atoms with E-state index in [9.17, 15) is 18.5 Å². The summed E-state index contributed by atoms with van der Waals surface area (Å²) in [5, 5.41) is 22.1. The second kappa shape index (κ2) is 11.1. The number of hydrogen-bond acceptors (Lipinski definition) is 8. The molecule has 6 aromatic rings. The zero-order chi connectivity index (χ0) is 32.0. The summed E-state index contributed by atoms with van der Waals surface area (Å²) in [6.45, 7) is 1.96. The SMILES string of the molecule is CNC(=O)c1c(-c2ccc(C)cc2)oc2cc(N(C)S(C)(=O)=O)c(-c3cc(-c4cc5c(C#N)cccc5[nH]4)nnc3OC)cc12. The van der Waals surface area contributed by atoms with Crippen molar-refractivity contribution in [2.75, 3.05) is 31.8 Å². The maximum absolute atomic E-state index is 13.3. The van der Waals surface area contributed by atoms with Crippen molar-refractivity contribution in [2.45, 2.75) is 6.92 Å². The minimum Gasteiger partial charge on any atom is -0.479 e. The van der Waals surface area contributed by atoms with Gasteiger partial charge in [0.05, 0.1) is 41.9 Å². The summed E-state index contributed by atoms with van der Waals surface area (Å²) in [7, 11) is 0.669. The van der Waals surface area contributed by atoms with Gasteiger partial charge in [0.15, 0.2) is 0 Å². The number of aromatic amines is 1. The lowest BCUT2D eigenvalue weighted by atomic mass is 9.98. The normalized spacial score (nSPS) is 11.5. The van der Waals surface area contributed by atoms with Crippen LogP contribution in [0.3, 0.4) is 0 Å². The molecule has 12 heteroatoms. The molecule has 3 aromatic carbocycles.